The Bertz CT molecular complexity index is 1440. The maximum atomic E-state index is 13.7. The fraction of sp³-hybridized carbons (Fsp3) is 0.367. The van der Waals surface area contributed by atoms with Gasteiger partial charge in [0, 0.05) is 13.1 Å². The van der Waals surface area contributed by atoms with Crippen LogP contribution in [0.4, 0.5) is 0 Å². The number of amides is 1. The maximum absolute atomic E-state index is 13.7. The molecule has 3 aromatic rings. The summed E-state index contributed by atoms with van der Waals surface area (Å²) in [6, 6.07) is 17.1. The average molecular weight is 582 g/mol. The molecule has 2 heterocycles. The minimum Gasteiger partial charge on any atom is -0.497 e. The lowest BCUT2D eigenvalue weighted by molar-refractivity contribution is -0.133. The smallest absolute Gasteiger partial charge is 0.266 e. The van der Waals surface area contributed by atoms with E-state index in [1.807, 2.05) is 6.07 Å². The molecule has 0 radical (unpaired) electrons. The summed E-state index contributed by atoms with van der Waals surface area (Å²) >= 11 is 0. The van der Waals surface area contributed by atoms with Gasteiger partial charge in [0.15, 0.2) is 0 Å². The van der Waals surface area contributed by atoms with Crippen molar-refractivity contribution in [3.63, 3.8) is 0 Å². The number of carbonyl (C=O) groups is 1. The van der Waals surface area contributed by atoms with Crippen LogP contribution in [0.3, 0.4) is 0 Å². The second kappa shape index (κ2) is 12.9. The van der Waals surface area contributed by atoms with Crippen molar-refractivity contribution in [3.8, 4) is 23.0 Å². The Morgan fingerprint density at radius 3 is 2.20 bits per heavy atom. The molecule has 3 aromatic carbocycles. The van der Waals surface area contributed by atoms with Crippen LogP contribution in [-0.4, -0.2) is 68.6 Å². The summed E-state index contributed by atoms with van der Waals surface area (Å²) in [5.74, 6) is 1.57. The van der Waals surface area contributed by atoms with Gasteiger partial charge in [-0.25, -0.2) is 13.9 Å². The van der Waals surface area contributed by atoms with Crippen LogP contribution in [0.15, 0.2) is 71.6 Å². The highest BCUT2D eigenvalue weighted by Crippen LogP contribution is 2.36. The molecule has 5 rings (SSSR count). The Morgan fingerprint density at radius 2 is 1.54 bits per heavy atom. The van der Waals surface area contributed by atoms with Gasteiger partial charge in [-0.2, -0.15) is 4.31 Å². The van der Waals surface area contributed by atoms with E-state index in [0.717, 1.165) is 29.5 Å². The second-order valence-electron chi connectivity index (χ2n) is 10.1. The van der Waals surface area contributed by atoms with Gasteiger partial charge >= 0.3 is 0 Å². The molecule has 1 atom stereocenters. The number of sulfonamides is 1. The van der Waals surface area contributed by atoms with Crippen molar-refractivity contribution >= 4 is 15.9 Å². The van der Waals surface area contributed by atoms with E-state index in [-0.39, 0.29) is 11.4 Å². The number of hydrogen-bond donors (Lipinski definition) is 2. The largest absolute Gasteiger partial charge is 0.497 e. The van der Waals surface area contributed by atoms with Gasteiger partial charge in [0.1, 0.15) is 35.6 Å². The first-order valence-corrected chi connectivity index (χ1v) is 15.2. The van der Waals surface area contributed by atoms with Crippen LogP contribution < -0.4 is 19.7 Å². The van der Waals surface area contributed by atoms with Crippen LogP contribution >= 0.6 is 0 Å². The van der Waals surface area contributed by atoms with E-state index in [2.05, 4.69) is 4.90 Å². The Morgan fingerprint density at radius 1 is 0.902 bits per heavy atom. The summed E-state index contributed by atoms with van der Waals surface area (Å²) in [5, 5.41) is 9.50. The average Bonchev–Trinajstić information content (AvgIpc) is 3.01. The van der Waals surface area contributed by atoms with Crippen LogP contribution in [0.25, 0.3) is 0 Å². The molecule has 2 aliphatic heterocycles. The standard InChI is InChI=1S/C30H35N3O7S/c1-38-23-5-7-24(8-6-23)40-25-9-12-27(13-10-25)41(36,37)33-18-15-22-21-26(11-14-28(22)29(33)30(34)31-35)39-20-19-32-16-3-2-4-17-32/h5-14,21,29,35H,2-4,15-20H2,1H3,(H,31,34). The molecule has 1 fully saturated rings. The molecule has 0 aliphatic carbocycles. The van der Waals surface area contributed by atoms with Gasteiger partial charge in [-0.15, -0.1) is 0 Å². The zero-order valence-corrected chi connectivity index (χ0v) is 23.8. The van der Waals surface area contributed by atoms with Gasteiger partial charge in [-0.1, -0.05) is 12.5 Å². The van der Waals surface area contributed by atoms with E-state index in [9.17, 15) is 18.4 Å². The number of piperidine rings is 1. The van der Waals surface area contributed by atoms with Gasteiger partial charge < -0.3 is 14.2 Å². The fourth-order valence-corrected chi connectivity index (χ4v) is 6.90. The SMILES string of the molecule is COc1ccc(Oc2ccc(S(=O)(=O)N3CCc4cc(OCCN5CCCCC5)ccc4C3C(=O)NO)cc2)cc1. The van der Waals surface area contributed by atoms with Crippen molar-refractivity contribution < 1.29 is 32.6 Å². The van der Waals surface area contributed by atoms with Crippen LogP contribution in [-0.2, 0) is 21.2 Å². The van der Waals surface area contributed by atoms with Gasteiger partial charge in [0.25, 0.3) is 5.91 Å². The van der Waals surface area contributed by atoms with E-state index < -0.39 is 22.0 Å². The number of carbonyl (C=O) groups excluding carboxylic acids is 1. The summed E-state index contributed by atoms with van der Waals surface area (Å²) in [4.78, 5) is 15.2. The molecule has 1 amide bonds. The highest BCUT2D eigenvalue weighted by Gasteiger charge is 2.40. The Labute approximate surface area is 240 Å². The first-order valence-electron chi connectivity index (χ1n) is 13.7. The number of hydrogen-bond acceptors (Lipinski definition) is 8. The molecule has 0 bridgehead atoms. The zero-order valence-electron chi connectivity index (χ0n) is 23.0. The predicted molar refractivity (Wildman–Crippen MR) is 152 cm³/mol. The fourth-order valence-electron chi connectivity index (χ4n) is 5.33. The molecule has 218 valence electrons. The van der Waals surface area contributed by atoms with Gasteiger partial charge in [0.05, 0.1) is 12.0 Å². The summed E-state index contributed by atoms with van der Waals surface area (Å²) in [5.41, 5.74) is 2.97. The van der Waals surface area contributed by atoms with E-state index in [1.54, 1.807) is 61.1 Å². The van der Waals surface area contributed by atoms with Crippen molar-refractivity contribution in [3.05, 3.63) is 77.9 Å². The summed E-state index contributed by atoms with van der Waals surface area (Å²) in [6.45, 7) is 3.65. The highest BCUT2D eigenvalue weighted by atomic mass is 32.2. The third kappa shape index (κ3) is 6.65. The van der Waals surface area contributed by atoms with Crippen LogP contribution in [0.2, 0.25) is 0 Å². The number of fused-ring (bicyclic) bond motifs is 1. The molecule has 41 heavy (non-hydrogen) atoms. The minimum absolute atomic E-state index is 0.0106. The summed E-state index contributed by atoms with van der Waals surface area (Å²) in [6.07, 6.45) is 4.11. The van der Waals surface area contributed by atoms with Crippen molar-refractivity contribution in [2.75, 3.05) is 39.9 Å². The van der Waals surface area contributed by atoms with Crippen molar-refractivity contribution in [1.82, 2.24) is 14.7 Å². The second-order valence-corrected chi connectivity index (χ2v) is 12.0. The van der Waals surface area contributed by atoms with Crippen LogP contribution in [0.1, 0.15) is 36.4 Å². The number of nitrogens with zero attached hydrogens (tertiary/aromatic N) is 2. The molecule has 10 nitrogen and oxygen atoms in total. The summed E-state index contributed by atoms with van der Waals surface area (Å²) in [7, 11) is -2.51. The molecule has 0 saturated carbocycles. The first-order chi connectivity index (χ1) is 19.9. The Hall–Kier alpha value is -3.64. The molecule has 1 unspecified atom stereocenters. The van der Waals surface area contributed by atoms with E-state index in [1.165, 1.54) is 31.4 Å². The third-order valence-corrected chi connectivity index (χ3v) is 9.39. The van der Waals surface area contributed by atoms with Gasteiger partial charge in [0.2, 0.25) is 10.0 Å². The monoisotopic (exact) mass is 581 g/mol. The molecule has 2 N–H and O–H groups in total. The van der Waals surface area contributed by atoms with Crippen molar-refractivity contribution in [1.29, 1.82) is 0 Å². The minimum atomic E-state index is -4.09. The lowest BCUT2D eigenvalue weighted by atomic mass is 9.93. The van der Waals surface area contributed by atoms with Gasteiger partial charge in [-0.3, -0.25) is 14.9 Å². The topological polar surface area (TPSA) is 118 Å². The Balaban J connectivity index is 1.30. The molecular weight excluding hydrogens is 546 g/mol. The zero-order chi connectivity index (χ0) is 28.8. The Kier molecular flexibility index (Phi) is 9.09. The number of nitrogens with one attached hydrogen (secondary N) is 1. The number of rotatable bonds is 10. The number of ether oxygens (including phenoxy) is 3. The maximum Gasteiger partial charge on any atom is 0.266 e. The lowest BCUT2D eigenvalue weighted by Gasteiger charge is -2.35. The number of methoxy groups -OCH3 is 1. The third-order valence-electron chi connectivity index (χ3n) is 7.51. The molecular formula is C30H35N3O7S. The first kappa shape index (κ1) is 28.9. The lowest BCUT2D eigenvalue weighted by Crippen LogP contribution is -2.46. The predicted octanol–water partition coefficient (Wildman–Crippen LogP) is 4.15. The molecule has 2 aliphatic rings. The number of likely N-dealkylation sites (tertiary alicyclic amines) is 1. The van der Waals surface area contributed by atoms with E-state index in [4.69, 9.17) is 14.2 Å². The van der Waals surface area contributed by atoms with Crippen molar-refractivity contribution in [2.45, 2.75) is 36.6 Å². The van der Waals surface area contributed by atoms with Crippen molar-refractivity contribution in [2.24, 2.45) is 0 Å². The molecule has 0 spiro atoms. The quantitative estimate of drug-likeness (QED) is 0.271. The van der Waals surface area contributed by atoms with Crippen LogP contribution in [0, 0.1) is 0 Å². The van der Waals surface area contributed by atoms with E-state index in [0.29, 0.717) is 41.6 Å². The molecule has 11 heteroatoms. The summed E-state index contributed by atoms with van der Waals surface area (Å²) < 4.78 is 45.5. The number of benzene rings is 3. The molecule has 0 aromatic heterocycles. The number of hydroxylamine groups is 1. The van der Waals surface area contributed by atoms with Gasteiger partial charge in [-0.05, 0) is 104 Å². The highest BCUT2D eigenvalue weighted by molar-refractivity contribution is 7.89. The molecule has 1 saturated heterocycles. The van der Waals surface area contributed by atoms with Crippen LogP contribution in [0.5, 0.6) is 23.0 Å². The van der Waals surface area contributed by atoms with E-state index >= 15 is 0 Å². The normalized spacial score (nSPS) is 17.9.